The van der Waals surface area contributed by atoms with Crippen molar-refractivity contribution in [2.45, 2.75) is 32.5 Å². The second-order valence-electron chi connectivity index (χ2n) is 5.03. The van der Waals surface area contributed by atoms with Crippen LogP contribution in [0.1, 0.15) is 25.1 Å². The van der Waals surface area contributed by atoms with Crippen LogP contribution in [0.25, 0.3) is 0 Å². The molecule has 2 aromatic heterocycles. The standard InChI is InChI=1S/C15H16ClF3N4O/c1-3-11-13(16)14(23-8-22-11)21-6-9(2)24-12-5-4-10(7-20-12)15(17,18)19/h4-5,7-9H,3,6H2,1-2H3,(H,21,22,23)/t9-/m1/s1. The lowest BCUT2D eigenvalue weighted by molar-refractivity contribution is -0.137. The van der Waals surface area contributed by atoms with Crippen LogP contribution in [0.4, 0.5) is 19.0 Å². The lowest BCUT2D eigenvalue weighted by atomic mass is 10.3. The minimum atomic E-state index is -4.42. The molecular weight excluding hydrogens is 345 g/mol. The molecule has 0 saturated heterocycles. The number of nitrogens with one attached hydrogen (secondary N) is 1. The van der Waals surface area contributed by atoms with Gasteiger partial charge in [0.05, 0.1) is 17.8 Å². The molecule has 2 rings (SSSR count). The van der Waals surface area contributed by atoms with Crippen molar-refractivity contribution in [2.24, 2.45) is 0 Å². The van der Waals surface area contributed by atoms with E-state index in [-0.39, 0.29) is 12.0 Å². The van der Waals surface area contributed by atoms with Crippen LogP contribution in [0.3, 0.4) is 0 Å². The molecule has 1 N–H and O–H groups in total. The van der Waals surface area contributed by atoms with Gasteiger partial charge in [-0.05, 0) is 19.4 Å². The normalized spacial score (nSPS) is 12.8. The summed E-state index contributed by atoms with van der Waals surface area (Å²) in [6.07, 6.45) is -1.94. The fourth-order valence-electron chi connectivity index (χ4n) is 1.88. The topological polar surface area (TPSA) is 59.9 Å². The molecule has 0 aliphatic heterocycles. The van der Waals surface area contributed by atoms with Crippen molar-refractivity contribution in [1.29, 1.82) is 0 Å². The summed E-state index contributed by atoms with van der Waals surface area (Å²) in [6.45, 7) is 4.03. The summed E-state index contributed by atoms with van der Waals surface area (Å²) in [5.41, 5.74) is -0.0902. The van der Waals surface area contributed by atoms with Crippen LogP contribution in [0, 0.1) is 0 Å². The Morgan fingerprint density at radius 2 is 2.00 bits per heavy atom. The lowest BCUT2D eigenvalue weighted by Crippen LogP contribution is -2.24. The van der Waals surface area contributed by atoms with E-state index in [0.29, 0.717) is 23.8 Å². The molecule has 0 saturated carbocycles. The molecule has 0 unspecified atom stereocenters. The van der Waals surface area contributed by atoms with Gasteiger partial charge in [0, 0.05) is 12.3 Å². The predicted octanol–water partition coefficient (Wildman–Crippen LogP) is 3.99. The third-order valence-electron chi connectivity index (χ3n) is 3.14. The Bertz CT molecular complexity index is 679. The highest BCUT2D eigenvalue weighted by atomic mass is 35.5. The number of aryl methyl sites for hydroxylation is 1. The van der Waals surface area contributed by atoms with Crippen LogP contribution in [-0.4, -0.2) is 27.6 Å². The van der Waals surface area contributed by atoms with Crippen molar-refractivity contribution in [3.63, 3.8) is 0 Å². The van der Waals surface area contributed by atoms with E-state index in [4.69, 9.17) is 16.3 Å². The van der Waals surface area contributed by atoms with Crippen LogP contribution in [0.15, 0.2) is 24.7 Å². The Balaban J connectivity index is 1.93. The second-order valence-corrected chi connectivity index (χ2v) is 5.41. The zero-order valence-corrected chi connectivity index (χ0v) is 13.8. The molecule has 0 spiro atoms. The quantitative estimate of drug-likeness (QED) is 0.844. The number of rotatable bonds is 6. The van der Waals surface area contributed by atoms with Gasteiger partial charge in [0.25, 0.3) is 0 Å². The number of hydrogen-bond donors (Lipinski definition) is 1. The highest BCUT2D eigenvalue weighted by molar-refractivity contribution is 6.33. The van der Waals surface area contributed by atoms with E-state index in [9.17, 15) is 13.2 Å². The van der Waals surface area contributed by atoms with Crippen molar-refractivity contribution in [1.82, 2.24) is 15.0 Å². The van der Waals surface area contributed by atoms with E-state index < -0.39 is 11.7 Å². The highest BCUT2D eigenvalue weighted by Gasteiger charge is 2.30. The molecule has 0 aliphatic rings. The van der Waals surface area contributed by atoms with E-state index >= 15 is 0 Å². The van der Waals surface area contributed by atoms with Crippen LogP contribution in [0.2, 0.25) is 5.02 Å². The molecule has 2 aromatic rings. The van der Waals surface area contributed by atoms with E-state index in [1.54, 1.807) is 6.92 Å². The first-order chi connectivity index (χ1) is 11.3. The van der Waals surface area contributed by atoms with Gasteiger partial charge in [-0.15, -0.1) is 0 Å². The van der Waals surface area contributed by atoms with Gasteiger partial charge in [-0.3, -0.25) is 0 Å². The van der Waals surface area contributed by atoms with E-state index in [1.165, 1.54) is 12.4 Å². The number of aromatic nitrogens is 3. The molecule has 24 heavy (non-hydrogen) atoms. The van der Waals surface area contributed by atoms with Crippen molar-refractivity contribution < 1.29 is 17.9 Å². The van der Waals surface area contributed by atoms with Gasteiger partial charge in [-0.1, -0.05) is 18.5 Å². The summed E-state index contributed by atoms with van der Waals surface area (Å²) in [6, 6.07) is 2.11. The summed E-state index contributed by atoms with van der Waals surface area (Å²) >= 11 is 6.17. The molecule has 5 nitrogen and oxygen atoms in total. The number of anilines is 1. The van der Waals surface area contributed by atoms with Crippen molar-refractivity contribution in [2.75, 3.05) is 11.9 Å². The zero-order chi connectivity index (χ0) is 17.7. The van der Waals surface area contributed by atoms with Gasteiger partial charge in [-0.25, -0.2) is 15.0 Å². The Morgan fingerprint density at radius 3 is 2.58 bits per heavy atom. The maximum absolute atomic E-state index is 12.5. The number of halogens is 4. The Kier molecular flexibility index (Phi) is 5.82. The Hall–Kier alpha value is -2.09. The molecule has 0 amide bonds. The summed E-state index contributed by atoms with van der Waals surface area (Å²) in [5, 5.41) is 3.47. The first-order valence-corrected chi connectivity index (χ1v) is 7.62. The number of hydrogen-bond acceptors (Lipinski definition) is 5. The first-order valence-electron chi connectivity index (χ1n) is 7.24. The molecule has 0 bridgehead atoms. The monoisotopic (exact) mass is 360 g/mol. The smallest absolute Gasteiger partial charge is 0.417 e. The van der Waals surface area contributed by atoms with E-state index in [0.717, 1.165) is 18.0 Å². The van der Waals surface area contributed by atoms with Gasteiger partial charge < -0.3 is 10.1 Å². The van der Waals surface area contributed by atoms with Gasteiger partial charge in [-0.2, -0.15) is 13.2 Å². The third kappa shape index (κ3) is 4.70. The fraction of sp³-hybridized carbons (Fsp3) is 0.400. The maximum Gasteiger partial charge on any atom is 0.417 e. The van der Waals surface area contributed by atoms with Crippen LogP contribution < -0.4 is 10.1 Å². The highest BCUT2D eigenvalue weighted by Crippen LogP contribution is 2.29. The average molecular weight is 361 g/mol. The molecule has 9 heteroatoms. The van der Waals surface area contributed by atoms with Gasteiger partial charge >= 0.3 is 6.18 Å². The predicted molar refractivity (Wildman–Crippen MR) is 84.2 cm³/mol. The number of pyridine rings is 1. The van der Waals surface area contributed by atoms with Gasteiger partial charge in [0.2, 0.25) is 5.88 Å². The van der Waals surface area contributed by atoms with Crippen molar-refractivity contribution in [3.8, 4) is 5.88 Å². The summed E-state index contributed by atoms with van der Waals surface area (Å²) in [7, 11) is 0. The first kappa shape index (κ1) is 18.3. The molecule has 2 heterocycles. The molecule has 0 aromatic carbocycles. The Labute approximate surface area is 142 Å². The lowest BCUT2D eigenvalue weighted by Gasteiger charge is -2.16. The third-order valence-corrected chi connectivity index (χ3v) is 3.54. The molecular formula is C15H16ClF3N4O. The van der Waals surface area contributed by atoms with Gasteiger partial charge in [0.15, 0.2) is 0 Å². The van der Waals surface area contributed by atoms with Crippen LogP contribution >= 0.6 is 11.6 Å². The molecule has 1 atom stereocenters. The number of nitrogens with zero attached hydrogens (tertiary/aromatic N) is 3. The molecule has 130 valence electrons. The van der Waals surface area contributed by atoms with Crippen LogP contribution in [0.5, 0.6) is 5.88 Å². The largest absolute Gasteiger partial charge is 0.473 e. The summed E-state index contributed by atoms with van der Waals surface area (Å²) in [5.74, 6) is 0.597. The van der Waals surface area contributed by atoms with Crippen molar-refractivity contribution >= 4 is 17.4 Å². The second kappa shape index (κ2) is 7.65. The minimum Gasteiger partial charge on any atom is -0.473 e. The number of alkyl halides is 3. The SMILES string of the molecule is CCc1ncnc(NC[C@@H](C)Oc2ccc(C(F)(F)F)cn2)c1Cl. The number of ether oxygens (including phenoxy) is 1. The molecule has 0 fully saturated rings. The maximum atomic E-state index is 12.5. The molecule has 0 radical (unpaired) electrons. The van der Waals surface area contributed by atoms with E-state index in [2.05, 4.69) is 20.3 Å². The summed E-state index contributed by atoms with van der Waals surface area (Å²) < 4.78 is 42.9. The Morgan fingerprint density at radius 1 is 1.25 bits per heavy atom. The van der Waals surface area contributed by atoms with Crippen molar-refractivity contribution in [3.05, 3.63) is 40.9 Å². The summed E-state index contributed by atoms with van der Waals surface area (Å²) in [4.78, 5) is 11.8. The van der Waals surface area contributed by atoms with Crippen LogP contribution in [-0.2, 0) is 12.6 Å². The fourth-order valence-corrected chi connectivity index (χ4v) is 2.18. The average Bonchev–Trinajstić information content (AvgIpc) is 2.53. The molecule has 0 aliphatic carbocycles. The van der Waals surface area contributed by atoms with Gasteiger partial charge in [0.1, 0.15) is 23.3 Å². The van der Waals surface area contributed by atoms with E-state index in [1.807, 2.05) is 6.92 Å². The zero-order valence-electron chi connectivity index (χ0n) is 13.1. The minimum absolute atomic E-state index is 0.111.